The molecule has 0 aromatic carbocycles. The van der Waals surface area contributed by atoms with Crippen molar-refractivity contribution in [3.05, 3.63) is 0 Å². The van der Waals surface area contributed by atoms with Gasteiger partial charge in [-0.15, -0.1) is 0 Å². The van der Waals surface area contributed by atoms with Gasteiger partial charge in [0.2, 0.25) is 0 Å². The van der Waals surface area contributed by atoms with Crippen LogP contribution in [0.3, 0.4) is 0 Å². The van der Waals surface area contributed by atoms with Gasteiger partial charge in [-0.05, 0) is 31.7 Å². The minimum absolute atomic E-state index is 0.328. The molecule has 0 saturated carbocycles. The molecule has 0 unspecified atom stereocenters. The Morgan fingerprint density at radius 3 is 1.72 bits per heavy atom. The van der Waals surface area contributed by atoms with Crippen LogP contribution in [0.15, 0.2) is 0 Å². The van der Waals surface area contributed by atoms with Crippen molar-refractivity contribution in [2.45, 2.75) is 47.0 Å². The number of piperazine rings is 1. The van der Waals surface area contributed by atoms with Gasteiger partial charge in [0.05, 0.1) is 0 Å². The van der Waals surface area contributed by atoms with E-state index in [2.05, 4.69) is 23.6 Å². The van der Waals surface area contributed by atoms with Crippen molar-refractivity contribution >= 4 is 0 Å². The van der Waals surface area contributed by atoms with Gasteiger partial charge in [0.15, 0.2) is 0 Å². The van der Waals surface area contributed by atoms with Gasteiger partial charge in [0, 0.05) is 39.3 Å². The molecule has 1 aliphatic rings. The highest BCUT2D eigenvalue weighted by Gasteiger charge is 2.15. The molecular weight excluding hydrogens is 224 g/mol. The summed E-state index contributed by atoms with van der Waals surface area (Å²) < 4.78 is 0. The molecule has 3 heteroatoms. The Bertz CT molecular complexity index is 166. The average Bonchev–Trinajstić information content (AvgIpc) is 2.40. The van der Waals surface area contributed by atoms with Crippen molar-refractivity contribution in [1.29, 1.82) is 0 Å². The molecule has 0 atom stereocenters. The summed E-state index contributed by atoms with van der Waals surface area (Å²) in [6.07, 6.45) is 3.62. The van der Waals surface area contributed by atoms with Gasteiger partial charge >= 0.3 is 0 Å². The first-order chi connectivity index (χ1) is 8.72. The van der Waals surface area contributed by atoms with Crippen LogP contribution in [-0.4, -0.2) is 60.8 Å². The molecule has 0 spiro atoms. The molecule has 0 radical (unpaired) electrons. The van der Waals surface area contributed by atoms with Gasteiger partial charge in [-0.1, -0.05) is 27.7 Å². The highest BCUT2D eigenvalue weighted by molar-refractivity contribution is 4.71. The van der Waals surface area contributed by atoms with Crippen molar-refractivity contribution < 1.29 is 5.11 Å². The molecule has 1 aliphatic heterocycles. The Kier molecular flexibility index (Phi) is 11.9. The molecule has 1 rings (SSSR count). The monoisotopic (exact) mass is 258 g/mol. The zero-order valence-electron chi connectivity index (χ0n) is 13.0. The molecule has 18 heavy (non-hydrogen) atoms. The second kappa shape index (κ2) is 11.9. The quantitative estimate of drug-likeness (QED) is 0.760. The van der Waals surface area contributed by atoms with E-state index in [1.54, 1.807) is 0 Å². The van der Waals surface area contributed by atoms with Crippen LogP contribution in [-0.2, 0) is 0 Å². The third-order valence-corrected chi connectivity index (χ3v) is 3.35. The highest BCUT2D eigenvalue weighted by atomic mass is 16.3. The second-order valence-electron chi connectivity index (χ2n) is 5.30. The number of hydrogen-bond acceptors (Lipinski definition) is 3. The van der Waals surface area contributed by atoms with E-state index in [1.165, 1.54) is 45.6 Å². The normalized spacial score (nSPS) is 17.7. The van der Waals surface area contributed by atoms with E-state index in [9.17, 15) is 0 Å². The average molecular weight is 258 g/mol. The third-order valence-electron chi connectivity index (χ3n) is 3.35. The molecule has 1 heterocycles. The molecule has 1 fully saturated rings. The number of aliphatic hydroxyl groups excluding tert-OH is 1. The molecule has 0 aliphatic carbocycles. The predicted octanol–water partition coefficient (Wildman–Crippen LogP) is 2.45. The van der Waals surface area contributed by atoms with Gasteiger partial charge in [0.25, 0.3) is 0 Å². The molecule has 0 bridgehead atoms. The number of rotatable bonds is 7. The number of hydrogen-bond donors (Lipinski definition) is 1. The van der Waals surface area contributed by atoms with Crippen molar-refractivity contribution in [3.63, 3.8) is 0 Å². The maximum Gasteiger partial charge on any atom is 0.0443 e. The lowest BCUT2D eigenvalue weighted by atomic mass is 10.1. The maximum absolute atomic E-state index is 8.78. The molecule has 0 amide bonds. The summed E-state index contributed by atoms with van der Waals surface area (Å²) in [5.41, 5.74) is 0. The van der Waals surface area contributed by atoms with E-state index in [1.807, 2.05) is 13.8 Å². The fourth-order valence-corrected chi connectivity index (χ4v) is 2.25. The molecular formula is C15H34N2O. The van der Waals surface area contributed by atoms with Crippen molar-refractivity contribution in [1.82, 2.24) is 9.80 Å². The fraction of sp³-hybridized carbons (Fsp3) is 1.00. The number of nitrogens with zero attached hydrogens (tertiary/aromatic N) is 2. The second-order valence-corrected chi connectivity index (χ2v) is 5.30. The van der Waals surface area contributed by atoms with Crippen molar-refractivity contribution in [2.24, 2.45) is 5.92 Å². The van der Waals surface area contributed by atoms with Gasteiger partial charge in [-0.25, -0.2) is 0 Å². The Morgan fingerprint density at radius 1 is 0.889 bits per heavy atom. The van der Waals surface area contributed by atoms with Crippen molar-refractivity contribution in [3.8, 4) is 0 Å². The van der Waals surface area contributed by atoms with Gasteiger partial charge < -0.3 is 14.9 Å². The Balaban J connectivity index is 0.00000137. The zero-order valence-corrected chi connectivity index (χ0v) is 13.0. The van der Waals surface area contributed by atoms with Gasteiger partial charge in [0.1, 0.15) is 0 Å². The molecule has 0 aromatic heterocycles. The molecule has 1 N–H and O–H groups in total. The SMILES string of the molecule is CC.CC(C)CCCN1CCN(CCCO)CC1. The first kappa shape index (κ1) is 17.9. The predicted molar refractivity (Wildman–Crippen MR) is 80.0 cm³/mol. The molecule has 3 nitrogen and oxygen atoms in total. The van der Waals surface area contributed by atoms with Gasteiger partial charge in [-0.3, -0.25) is 0 Å². The summed E-state index contributed by atoms with van der Waals surface area (Å²) in [4.78, 5) is 5.05. The van der Waals surface area contributed by atoms with Crippen LogP contribution in [0, 0.1) is 5.92 Å². The molecule has 110 valence electrons. The summed E-state index contributed by atoms with van der Waals surface area (Å²) in [7, 11) is 0. The van der Waals surface area contributed by atoms with Crippen LogP contribution in [0.4, 0.5) is 0 Å². The van der Waals surface area contributed by atoms with Crippen LogP contribution in [0.5, 0.6) is 0 Å². The lowest BCUT2D eigenvalue weighted by Crippen LogP contribution is -2.46. The minimum atomic E-state index is 0.328. The number of aliphatic hydroxyl groups is 1. The first-order valence-corrected chi connectivity index (χ1v) is 7.78. The van der Waals surface area contributed by atoms with Crippen LogP contribution in [0.2, 0.25) is 0 Å². The van der Waals surface area contributed by atoms with Crippen LogP contribution in [0.1, 0.15) is 47.0 Å². The van der Waals surface area contributed by atoms with Crippen LogP contribution in [0.25, 0.3) is 0 Å². The van der Waals surface area contributed by atoms with Gasteiger partial charge in [-0.2, -0.15) is 0 Å². The van der Waals surface area contributed by atoms with Crippen LogP contribution >= 0.6 is 0 Å². The van der Waals surface area contributed by atoms with Crippen molar-refractivity contribution in [2.75, 3.05) is 45.9 Å². The van der Waals surface area contributed by atoms with E-state index in [4.69, 9.17) is 5.11 Å². The van der Waals surface area contributed by atoms with E-state index in [-0.39, 0.29) is 0 Å². The molecule has 0 aromatic rings. The minimum Gasteiger partial charge on any atom is -0.396 e. The fourth-order valence-electron chi connectivity index (χ4n) is 2.25. The van der Waals surface area contributed by atoms with E-state index < -0.39 is 0 Å². The Hall–Kier alpha value is -0.120. The smallest absolute Gasteiger partial charge is 0.0443 e. The van der Waals surface area contributed by atoms with E-state index >= 15 is 0 Å². The van der Waals surface area contributed by atoms with E-state index in [0.29, 0.717) is 6.61 Å². The topological polar surface area (TPSA) is 26.7 Å². The summed E-state index contributed by atoms with van der Waals surface area (Å²) in [5.74, 6) is 0.839. The Labute approximate surface area is 114 Å². The molecule has 1 saturated heterocycles. The van der Waals surface area contributed by atoms with Crippen LogP contribution < -0.4 is 0 Å². The lowest BCUT2D eigenvalue weighted by Gasteiger charge is -2.34. The largest absolute Gasteiger partial charge is 0.396 e. The highest BCUT2D eigenvalue weighted by Crippen LogP contribution is 2.07. The Morgan fingerprint density at radius 2 is 1.33 bits per heavy atom. The summed E-state index contributed by atoms with van der Waals surface area (Å²) >= 11 is 0. The standard InChI is InChI=1S/C13H28N2O.C2H6/c1-13(2)5-3-6-14-8-10-15(11-9-14)7-4-12-16;1-2/h13,16H,3-12H2,1-2H3;1-2H3. The third kappa shape index (κ3) is 8.90. The summed E-state index contributed by atoms with van der Waals surface area (Å²) in [6, 6.07) is 0. The lowest BCUT2D eigenvalue weighted by molar-refractivity contribution is 0.122. The zero-order chi connectivity index (χ0) is 13.8. The van der Waals surface area contributed by atoms with E-state index in [0.717, 1.165) is 18.9 Å². The summed E-state index contributed by atoms with van der Waals surface area (Å²) in [6.45, 7) is 16.0. The first-order valence-electron chi connectivity index (χ1n) is 7.78. The summed E-state index contributed by atoms with van der Waals surface area (Å²) in [5, 5.41) is 8.78. The maximum atomic E-state index is 8.78.